The molecule has 0 spiro atoms. The van der Waals surface area contributed by atoms with Crippen molar-refractivity contribution >= 4 is 17.5 Å². The molecule has 1 N–H and O–H groups in total. The number of nitrogens with zero attached hydrogens (tertiary/aromatic N) is 5. The first kappa shape index (κ1) is 19.5. The van der Waals surface area contributed by atoms with E-state index in [1.165, 1.54) is 12.4 Å². The third-order valence-electron chi connectivity index (χ3n) is 5.36. The van der Waals surface area contributed by atoms with Crippen LogP contribution in [0.2, 0.25) is 5.02 Å². The van der Waals surface area contributed by atoms with E-state index >= 15 is 0 Å². The summed E-state index contributed by atoms with van der Waals surface area (Å²) in [5.74, 6) is 0.537. The van der Waals surface area contributed by atoms with Gasteiger partial charge in [-0.25, -0.2) is 15.0 Å². The highest BCUT2D eigenvalue weighted by atomic mass is 35.5. The van der Waals surface area contributed by atoms with Crippen LogP contribution < -0.4 is 10.5 Å². The predicted octanol–water partition coefficient (Wildman–Crippen LogP) is 3.08. The van der Waals surface area contributed by atoms with Gasteiger partial charge in [-0.05, 0) is 44.0 Å². The van der Waals surface area contributed by atoms with E-state index in [-0.39, 0.29) is 11.1 Å². The molecular formula is C21H22ClN5O2. The summed E-state index contributed by atoms with van der Waals surface area (Å²) >= 11 is 5.96. The van der Waals surface area contributed by atoms with Crippen LogP contribution in [0, 0.1) is 0 Å². The minimum Gasteiger partial charge on any atom is -0.387 e. The number of fused-ring (bicyclic) bond motifs is 1. The smallest absolute Gasteiger partial charge is 0.255 e. The summed E-state index contributed by atoms with van der Waals surface area (Å²) in [4.78, 5) is 27.7. The van der Waals surface area contributed by atoms with Crippen molar-refractivity contribution in [2.75, 3.05) is 11.4 Å². The van der Waals surface area contributed by atoms with E-state index in [1.807, 2.05) is 17.0 Å². The fourth-order valence-electron chi connectivity index (χ4n) is 3.57. The van der Waals surface area contributed by atoms with Crippen molar-refractivity contribution in [1.82, 2.24) is 19.5 Å². The summed E-state index contributed by atoms with van der Waals surface area (Å²) in [5, 5.41) is 11.5. The molecule has 150 valence electrons. The number of aromatic nitrogens is 4. The van der Waals surface area contributed by atoms with Crippen LogP contribution in [-0.2, 0) is 6.54 Å². The topological polar surface area (TPSA) is 84.1 Å². The third kappa shape index (κ3) is 3.88. The lowest BCUT2D eigenvalue weighted by atomic mass is 9.95. The highest BCUT2D eigenvalue weighted by Gasteiger charge is 2.36. The molecule has 2 aromatic heterocycles. The number of benzene rings is 1. The maximum atomic E-state index is 12.8. The highest BCUT2D eigenvalue weighted by molar-refractivity contribution is 6.30. The molecule has 1 atom stereocenters. The van der Waals surface area contributed by atoms with Crippen molar-refractivity contribution in [1.29, 1.82) is 0 Å². The number of halogens is 1. The fraction of sp³-hybridized carbons (Fsp3) is 0.333. The summed E-state index contributed by atoms with van der Waals surface area (Å²) in [5.41, 5.74) is 1.42. The molecule has 0 saturated heterocycles. The minimum absolute atomic E-state index is 0.134. The van der Waals surface area contributed by atoms with E-state index in [1.54, 1.807) is 29.0 Å². The molecule has 3 heterocycles. The molecule has 3 aromatic rings. The van der Waals surface area contributed by atoms with Crippen molar-refractivity contribution in [2.45, 2.75) is 38.5 Å². The first-order chi connectivity index (χ1) is 13.8. The van der Waals surface area contributed by atoms with Crippen LogP contribution in [0.25, 0.3) is 11.4 Å². The van der Waals surface area contributed by atoms with Gasteiger partial charge in [-0.1, -0.05) is 23.7 Å². The molecule has 4 rings (SSSR count). The Balaban J connectivity index is 1.75. The highest BCUT2D eigenvalue weighted by Crippen LogP contribution is 2.33. The van der Waals surface area contributed by atoms with Gasteiger partial charge in [0.1, 0.15) is 6.33 Å². The van der Waals surface area contributed by atoms with Crippen LogP contribution in [0.3, 0.4) is 0 Å². The lowest BCUT2D eigenvalue weighted by Crippen LogP contribution is -2.53. The molecule has 0 saturated carbocycles. The van der Waals surface area contributed by atoms with Gasteiger partial charge in [0.2, 0.25) is 5.95 Å². The van der Waals surface area contributed by atoms with Gasteiger partial charge in [-0.15, -0.1) is 0 Å². The second-order valence-electron chi connectivity index (χ2n) is 7.77. The predicted molar refractivity (Wildman–Crippen MR) is 112 cm³/mol. The average Bonchev–Trinajstić information content (AvgIpc) is 2.71. The molecule has 0 unspecified atom stereocenters. The van der Waals surface area contributed by atoms with Crippen molar-refractivity contribution in [3.63, 3.8) is 0 Å². The molecule has 7 nitrogen and oxygen atoms in total. The number of aliphatic hydroxyl groups excluding tert-OH is 1. The molecule has 0 bridgehead atoms. The lowest BCUT2D eigenvalue weighted by molar-refractivity contribution is 0.169. The maximum absolute atomic E-state index is 12.8. The van der Waals surface area contributed by atoms with Gasteiger partial charge in [0.15, 0.2) is 0 Å². The van der Waals surface area contributed by atoms with Crippen molar-refractivity contribution in [2.24, 2.45) is 0 Å². The Kier molecular flexibility index (Phi) is 5.10. The summed E-state index contributed by atoms with van der Waals surface area (Å²) in [7, 11) is 0. The van der Waals surface area contributed by atoms with Gasteiger partial charge >= 0.3 is 0 Å². The van der Waals surface area contributed by atoms with E-state index in [0.717, 1.165) is 12.0 Å². The van der Waals surface area contributed by atoms with E-state index in [9.17, 15) is 9.90 Å². The fourth-order valence-corrected chi connectivity index (χ4v) is 3.69. The zero-order valence-electron chi connectivity index (χ0n) is 16.3. The van der Waals surface area contributed by atoms with Crippen LogP contribution in [-0.4, -0.2) is 36.7 Å². The normalized spacial score (nSPS) is 16.3. The number of aliphatic hydroxyl groups is 1. The van der Waals surface area contributed by atoms with Gasteiger partial charge < -0.3 is 10.0 Å². The van der Waals surface area contributed by atoms with E-state index in [2.05, 4.69) is 23.8 Å². The van der Waals surface area contributed by atoms with E-state index in [0.29, 0.717) is 35.4 Å². The Morgan fingerprint density at radius 1 is 1.21 bits per heavy atom. The Morgan fingerprint density at radius 2 is 1.97 bits per heavy atom. The first-order valence-corrected chi connectivity index (χ1v) is 9.82. The van der Waals surface area contributed by atoms with Crippen LogP contribution in [0.5, 0.6) is 0 Å². The molecule has 8 heteroatoms. The Hall–Kier alpha value is -2.77. The second kappa shape index (κ2) is 7.57. The number of hydrogen-bond acceptors (Lipinski definition) is 6. The van der Waals surface area contributed by atoms with Crippen LogP contribution in [0.1, 0.15) is 31.9 Å². The lowest BCUT2D eigenvalue weighted by Gasteiger charge is -2.45. The summed E-state index contributed by atoms with van der Waals surface area (Å²) < 4.78 is 1.66. The van der Waals surface area contributed by atoms with Gasteiger partial charge in [0.05, 0.1) is 24.0 Å². The molecule has 1 aliphatic heterocycles. The van der Waals surface area contributed by atoms with Crippen molar-refractivity contribution in [3.8, 4) is 11.4 Å². The first-order valence-electron chi connectivity index (χ1n) is 9.44. The molecule has 0 amide bonds. The molecule has 1 aliphatic rings. The molecule has 0 fully saturated rings. The SMILES string of the molecule is CC1(C)CCn2c(nc(-c3ccncn3)cc2=O)N1C[C@H](O)c1ccc(Cl)cc1. The Bertz CT molecular complexity index is 1070. The zero-order chi connectivity index (χ0) is 20.6. The van der Waals surface area contributed by atoms with Crippen molar-refractivity contribution < 1.29 is 5.11 Å². The summed E-state index contributed by atoms with van der Waals surface area (Å²) in [6, 6.07) is 10.3. The zero-order valence-corrected chi connectivity index (χ0v) is 17.0. The van der Waals surface area contributed by atoms with Crippen LogP contribution >= 0.6 is 11.6 Å². The second-order valence-corrected chi connectivity index (χ2v) is 8.20. The Labute approximate surface area is 173 Å². The average molecular weight is 412 g/mol. The van der Waals surface area contributed by atoms with Gasteiger partial charge in [0.25, 0.3) is 5.56 Å². The molecule has 0 radical (unpaired) electrons. The van der Waals surface area contributed by atoms with Crippen molar-refractivity contribution in [3.05, 3.63) is 69.9 Å². The van der Waals surface area contributed by atoms with E-state index in [4.69, 9.17) is 16.6 Å². The quantitative estimate of drug-likeness (QED) is 0.710. The molecule has 1 aromatic carbocycles. The molecule has 0 aliphatic carbocycles. The largest absolute Gasteiger partial charge is 0.387 e. The van der Waals surface area contributed by atoms with Crippen LogP contribution in [0.15, 0.2) is 53.7 Å². The number of rotatable bonds is 4. The Morgan fingerprint density at radius 3 is 2.66 bits per heavy atom. The standard InChI is InChI=1S/C21H22ClN5O2/c1-21(2)8-10-26-19(29)11-17(16-7-9-23-13-24-16)25-20(26)27(21)12-18(28)14-3-5-15(22)6-4-14/h3-7,9,11,13,18,28H,8,10,12H2,1-2H3/t18-/m0/s1. The molecule has 29 heavy (non-hydrogen) atoms. The number of anilines is 1. The summed E-state index contributed by atoms with van der Waals surface area (Å²) in [6.45, 7) is 5.06. The molecular weight excluding hydrogens is 390 g/mol. The maximum Gasteiger partial charge on any atom is 0.255 e. The van der Waals surface area contributed by atoms with Crippen LogP contribution in [0.4, 0.5) is 5.95 Å². The summed E-state index contributed by atoms with van der Waals surface area (Å²) in [6.07, 6.45) is 3.06. The van der Waals surface area contributed by atoms with Gasteiger partial charge in [-0.2, -0.15) is 0 Å². The monoisotopic (exact) mass is 411 g/mol. The van der Waals surface area contributed by atoms with Gasteiger partial charge in [0, 0.05) is 29.4 Å². The number of β-amino-alcohol motifs (C(OH)–C–C–N with tert-alkyl or cyclic N) is 1. The number of hydrogen-bond donors (Lipinski definition) is 1. The van der Waals surface area contributed by atoms with E-state index < -0.39 is 6.10 Å². The third-order valence-corrected chi connectivity index (χ3v) is 5.61. The van der Waals surface area contributed by atoms with Gasteiger partial charge in [-0.3, -0.25) is 9.36 Å². The minimum atomic E-state index is -0.752.